The molecular weight excluding hydrogens is 340 g/mol. The second-order valence-electron chi connectivity index (χ2n) is 7.20. The normalized spacial score (nSPS) is 41.7. The molecule has 5 rings (SSSR count). The van der Waals surface area contributed by atoms with Gasteiger partial charge in [-0.2, -0.15) is 0 Å². The van der Waals surface area contributed by atoms with E-state index in [-0.39, 0.29) is 5.38 Å². The summed E-state index contributed by atoms with van der Waals surface area (Å²) in [5.74, 6) is 2.95. The largest absolute Gasteiger partial charge is 0.143 e. The Kier molecular flexibility index (Phi) is 3.10. The van der Waals surface area contributed by atoms with Gasteiger partial charge in [-0.25, -0.2) is 0 Å². The van der Waals surface area contributed by atoms with Crippen molar-refractivity contribution in [2.45, 2.75) is 50.8 Å². The molecule has 0 aromatic carbocycles. The number of rotatable bonds is 2. The molecule has 1 atom stereocenters. The highest BCUT2D eigenvalue weighted by molar-refractivity contribution is 9.10. The van der Waals surface area contributed by atoms with Gasteiger partial charge in [-0.3, -0.25) is 0 Å². The maximum absolute atomic E-state index is 7.00. The monoisotopic (exact) mass is 358 g/mol. The van der Waals surface area contributed by atoms with Crippen molar-refractivity contribution in [2.24, 2.45) is 23.2 Å². The first-order valence-corrected chi connectivity index (χ1v) is 9.50. The van der Waals surface area contributed by atoms with Crippen LogP contribution in [0.5, 0.6) is 0 Å². The molecule has 1 aromatic heterocycles. The Morgan fingerprint density at radius 1 is 1.21 bits per heavy atom. The molecule has 4 saturated carbocycles. The van der Waals surface area contributed by atoms with E-state index in [0.717, 1.165) is 17.8 Å². The third kappa shape index (κ3) is 2.05. The van der Waals surface area contributed by atoms with Crippen molar-refractivity contribution >= 4 is 38.9 Å². The Morgan fingerprint density at radius 3 is 2.16 bits per heavy atom. The Balaban J connectivity index is 1.67. The van der Waals surface area contributed by atoms with Crippen LogP contribution in [0.15, 0.2) is 10.5 Å². The average molecular weight is 360 g/mol. The lowest BCUT2D eigenvalue weighted by Gasteiger charge is -2.58. The van der Waals surface area contributed by atoms with Gasteiger partial charge in [-0.1, -0.05) is 0 Å². The zero-order chi connectivity index (χ0) is 13.2. The summed E-state index contributed by atoms with van der Waals surface area (Å²) in [6.07, 6.45) is 8.66. The SMILES string of the molecule is Cc1sc(C(Cl)C23CC4CC(CC(C4)C2)C3)cc1Br. The van der Waals surface area contributed by atoms with Gasteiger partial charge in [-0.05, 0) is 90.6 Å². The number of halogens is 2. The third-order valence-corrected chi connectivity index (χ3v) is 8.78. The van der Waals surface area contributed by atoms with Crippen molar-refractivity contribution in [3.63, 3.8) is 0 Å². The summed E-state index contributed by atoms with van der Waals surface area (Å²) >= 11 is 12.5. The summed E-state index contributed by atoms with van der Waals surface area (Å²) in [7, 11) is 0. The van der Waals surface area contributed by atoms with Gasteiger partial charge < -0.3 is 0 Å². The van der Waals surface area contributed by atoms with Gasteiger partial charge >= 0.3 is 0 Å². The molecule has 1 aromatic rings. The predicted octanol–water partition coefficient (Wildman–Crippen LogP) is 6.32. The highest BCUT2D eigenvalue weighted by atomic mass is 79.9. The van der Waals surface area contributed by atoms with E-state index in [1.54, 1.807) is 0 Å². The Morgan fingerprint density at radius 2 is 1.74 bits per heavy atom. The van der Waals surface area contributed by atoms with E-state index in [2.05, 4.69) is 28.9 Å². The van der Waals surface area contributed by atoms with Crippen molar-refractivity contribution in [2.75, 3.05) is 0 Å². The maximum atomic E-state index is 7.00. The summed E-state index contributed by atoms with van der Waals surface area (Å²) < 4.78 is 1.24. The molecule has 3 heteroatoms. The molecule has 0 N–H and O–H groups in total. The first-order chi connectivity index (χ1) is 9.06. The van der Waals surface area contributed by atoms with Crippen LogP contribution in [0.3, 0.4) is 0 Å². The highest BCUT2D eigenvalue weighted by Gasteiger charge is 2.54. The lowest BCUT2D eigenvalue weighted by molar-refractivity contribution is -0.0547. The van der Waals surface area contributed by atoms with E-state index in [4.69, 9.17) is 11.6 Å². The standard InChI is InChI=1S/C16H20BrClS/c1-9-13(17)5-14(19-9)15(18)16-6-10-2-11(7-16)4-12(3-10)8-16/h5,10-12,15H,2-4,6-8H2,1H3. The van der Waals surface area contributed by atoms with Gasteiger partial charge in [0.15, 0.2) is 0 Å². The van der Waals surface area contributed by atoms with Crippen molar-refractivity contribution in [1.29, 1.82) is 0 Å². The minimum absolute atomic E-state index is 0.246. The highest BCUT2D eigenvalue weighted by Crippen LogP contribution is 2.66. The smallest absolute Gasteiger partial charge is 0.0735 e. The summed E-state index contributed by atoms with van der Waals surface area (Å²) in [5, 5.41) is 0.246. The zero-order valence-corrected chi connectivity index (χ0v) is 14.5. The zero-order valence-electron chi connectivity index (χ0n) is 11.3. The molecule has 1 unspecified atom stereocenters. The number of hydrogen-bond acceptors (Lipinski definition) is 1. The Bertz CT molecular complexity index is 452. The molecule has 0 radical (unpaired) electrons. The summed E-state index contributed by atoms with van der Waals surface area (Å²) in [6.45, 7) is 2.18. The third-order valence-electron chi connectivity index (χ3n) is 5.75. The van der Waals surface area contributed by atoms with E-state index < -0.39 is 0 Å². The topological polar surface area (TPSA) is 0 Å². The van der Waals surface area contributed by atoms with E-state index in [1.165, 1.54) is 52.8 Å². The molecule has 4 fully saturated rings. The number of hydrogen-bond donors (Lipinski definition) is 0. The fraction of sp³-hybridized carbons (Fsp3) is 0.750. The molecule has 0 spiro atoms. The average Bonchev–Trinajstić information content (AvgIpc) is 2.67. The molecule has 104 valence electrons. The van der Waals surface area contributed by atoms with Crippen molar-refractivity contribution in [1.82, 2.24) is 0 Å². The summed E-state index contributed by atoms with van der Waals surface area (Å²) in [4.78, 5) is 2.76. The quantitative estimate of drug-likeness (QED) is 0.542. The first kappa shape index (κ1) is 13.2. The van der Waals surface area contributed by atoms with Crippen LogP contribution in [0.2, 0.25) is 0 Å². The van der Waals surface area contributed by atoms with Crippen LogP contribution in [0.1, 0.15) is 53.7 Å². The van der Waals surface area contributed by atoms with Crippen molar-refractivity contribution in [3.8, 4) is 0 Å². The van der Waals surface area contributed by atoms with E-state index >= 15 is 0 Å². The van der Waals surface area contributed by atoms with Gasteiger partial charge in [0.25, 0.3) is 0 Å². The molecule has 19 heavy (non-hydrogen) atoms. The van der Waals surface area contributed by atoms with Crippen LogP contribution in [0.25, 0.3) is 0 Å². The molecule has 4 aliphatic rings. The number of thiophene rings is 1. The Hall–Kier alpha value is 0.470. The van der Waals surface area contributed by atoms with E-state index in [1.807, 2.05) is 11.3 Å². The van der Waals surface area contributed by atoms with Gasteiger partial charge in [0.2, 0.25) is 0 Å². The molecular formula is C16H20BrClS. The molecule has 0 saturated heterocycles. The second-order valence-corrected chi connectivity index (χ2v) is 9.77. The van der Waals surface area contributed by atoms with Crippen LogP contribution in [0.4, 0.5) is 0 Å². The van der Waals surface area contributed by atoms with Crippen LogP contribution in [-0.2, 0) is 0 Å². The molecule has 4 aliphatic carbocycles. The number of aryl methyl sites for hydroxylation is 1. The predicted molar refractivity (Wildman–Crippen MR) is 86.0 cm³/mol. The van der Waals surface area contributed by atoms with Crippen molar-refractivity contribution in [3.05, 3.63) is 20.3 Å². The molecule has 1 heterocycles. The number of alkyl halides is 1. The van der Waals surface area contributed by atoms with Crippen LogP contribution < -0.4 is 0 Å². The first-order valence-electron chi connectivity index (χ1n) is 7.46. The second kappa shape index (κ2) is 4.48. The summed E-state index contributed by atoms with van der Waals surface area (Å²) in [5.41, 5.74) is 0.424. The van der Waals surface area contributed by atoms with E-state index in [9.17, 15) is 0 Å². The molecule has 0 amide bonds. The molecule has 4 bridgehead atoms. The molecule has 0 nitrogen and oxygen atoms in total. The van der Waals surface area contributed by atoms with Crippen molar-refractivity contribution < 1.29 is 0 Å². The lowest BCUT2D eigenvalue weighted by atomic mass is 9.48. The molecule has 0 aliphatic heterocycles. The lowest BCUT2D eigenvalue weighted by Crippen LogP contribution is -2.47. The summed E-state index contributed by atoms with van der Waals surface area (Å²) in [6, 6.07) is 2.27. The van der Waals surface area contributed by atoms with Crippen LogP contribution in [-0.4, -0.2) is 0 Å². The maximum Gasteiger partial charge on any atom is 0.0735 e. The fourth-order valence-corrected chi connectivity index (χ4v) is 7.54. The Labute approximate surface area is 133 Å². The minimum Gasteiger partial charge on any atom is -0.143 e. The van der Waals surface area contributed by atoms with Gasteiger partial charge in [0, 0.05) is 14.2 Å². The van der Waals surface area contributed by atoms with Crippen LogP contribution in [0, 0.1) is 30.1 Å². The van der Waals surface area contributed by atoms with Crippen LogP contribution >= 0.6 is 38.9 Å². The van der Waals surface area contributed by atoms with Gasteiger partial charge in [-0.15, -0.1) is 22.9 Å². The van der Waals surface area contributed by atoms with E-state index in [0.29, 0.717) is 5.41 Å². The van der Waals surface area contributed by atoms with Gasteiger partial charge in [0.1, 0.15) is 0 Å². The van der Waals surface area contributed by atoms with Gasteiger partial charge in [0.05, 0.1) is 5.38 Å². The fourth-order valence-electron chi connectivity index (χ4n) is 5.40. The minimum atomic E-state index is 0.246.